The standard InChI is InChI=1S/C22H24N4O/c1-2-26-22-18(14-23-26)20(25-12-6-3-7-13-25)17-11-10-15-8-4-5-9-16(15)21(27)19(17)24-22/h4-5,8-9,14H,2-3,6-7,10-13H2,1H3. The molecule has 1 saturated heterocycles. The molecular formula is C22H24N4O. The van der Waals surface area contributed by atoms with Crippen LogP contribution in [-0.2, 0) is 19.4 Å². The maximum absolute atomic E-state index is 13.4. The molecule has 138 valence electrons. The molecule has 27 heavy (non-hydrogen) atoms. The SMILES string of the molecule is CCn1ncc2c(N3CCCCC3)c3c(nc21)C(=O)c1ccccc1CC3. The van der Waals surface area contributed by atoms with E-state index in [-0.39, 0.29) is 5.78 Å². The number of rotatable bonds is 2. The number of nitrogens with zero attached hydrogens (tertiary/aromatic N) is 4. The van der Waals surface area contributed by atoms with Gasteiger partial charge in [0.15, 0.2) is 5.65 Å². The Hall–Kier alpha value is -2.69. The van der Waals surface area contributed by atoms with Crippen LogP contribution < -0.4 is 4.90 Å². The molecule has 0 atom stereocenters. The highest BCUT2D eigenvalue weighted by Gasteiger charge is 2.29. The van der Waals surface area contributed by atoms with E-state index in [0.29, 0.717) is 5.69 Å². The maximum Gasteiger partial charge on any atom is 0.212 e. The number of carbonyl (C=O) groups is 1. The number of ketones is 1. The molecule has 0 amide bonds. The van der Waals surface area contributed by atoms with E-state index in [9.17, 15) is 4.79 Å². The van der Waals surface area contributed by atoms with Crippen molar-refractivity contribution in [3.05, 3.63) is 52.8 Å². The summed E-state index contributed by atoms with van der Waals surface area (Å²) in [7, 11) is 0. The quantitative estimate of drug-likeness (QED) is 0.698. The van der Waals surface area contributed by atoms with Crippen molar-refractivity contribution in [1.29, 1.82) is 0 Å². The number of aromatic nitrogens is 3. The number of hydrogen-bond acceptors (Lipinski definition) is 4. The average molecular weight is 360 g/mol. The summed E-state index contributed by atoms with van der Waals surface area (Å²) in [5.41, 5.74) is 5.71. The average Bonchev–Trinajstić information content (AvgIpc) is 3.08. The number of fused-ring (bicyclic) bond motifs is 3. The van der Waals surface area contributed by atoms with Crippen LogP contribution in [0.4, 0.5) is 5.69 Å². The van der Waals surface area contributed by atoms with Gasteiger partial charge in [-0.15, -0.1) is 0 Å². The van der Waals surface area contributed by atoms with Crippen LogP contribution in [0.3, 0.4) is 0 Å². The number of piperidine rings is 1. The Morgan fingerprint density at radius 2 is 1.89 bits per heavy atom. The van der Waals surface area contributed by atoms with Crippen LogP contribution >= 0.6 is 0 Å². The van der Waals surface area contributed by atoms with Gasteiger partial charge in [-0.1, -0.05) is 24.3 Å². The minimum absolute atomic E-state index is 0.0575. The van der Waals surface area contributed by atoms with E-state index in [1.807, 2.05) is 29.1 Å². The van der Waals surface area contributed by atoms with Crippen LogP contribution in [0.15, 0.2) is 30.5 Å². The van der Waals surface area contributed by atoms with Crippen molar-refractivity contribution in [3.8, 4) is 0 Å². The van der Waals surface area contributed by atoms with Crippen molar-refractivity contribution in [2.24, 2.45) is 0 Å². The number of carbonyl (C=O) groups excluding carboxylic acids is 1. The highest BCUT2D eigenvalue weighted by molar-refractivity contribution is 6.12. The van der Waals surface area contributed by atoms with E-state index < -0.39 is 0 Å². The molecule has 0 bridgehead atoms. The Morgan fingerprint density at radius 3 is 2.70 bits per heavy atom. The Balaban J connectivity index is 1.78. The third-order valence-corrected chi connectivity index (χ3v) is 5.95. The number of anilines is 1. The minimum atomic E-state index is 0.0575. The largest absolute Gasteiger partial charge is 0.371 e. The lowest BCUT2D eigenvalue weighted by atomic mass is 10.00. The zero-order chi connectivity index (χ0) is 18.4. The van der Waals surface area contributed by atoms with Gasteiger partial charge in [0, 0.05) is 30.8 Å². The summed E-state index contributed by atoms with van der Waals surface area (Å²) in [4.78, 5) is 20.8. The summed E-state index contributed by atoms with van der Waals surface area (Å²) in [6, 6.07) is 7.98. The van der Waals surface area contributed by atoms with Gasteiger partial charge in [-0.05, 0) is 44.6 Å². The molecule has 0 N–H and O–H groups in total. The highest BCUT2D eigenvalue weighted by Crippen LogP contribution is 2.37. The number of benzene rings is 1. The predicted molar refractivity (Wildman–Crippen MR) is 107 cm³/mol. The van der Waals surface area contributed by atoms with Gasteiger partial charge in [0.05, 0.1) is 17.3 Å². The molecule has 2 aliphatic rings. The van der Waals surface area contributed by atoms with Crippen LogP contribution in [0.25, 0.3) is 11.0 Å². The lowest BCUT2D eigenvalue weighted by molar-refractivity contribution is 0.103. The van der Waals surface area contributed by atoms with E-state index >= 15 is 0 Å². The van der Waals surface area contributed by atoms with Gasteiger partial charge in [-0.3, -0.25) is 4.79 Å². The predicted octanol–water partition coefficient (Wildman–Crippen LogP) is 3.77. The van der Waals surface area contributed by atoms with Gasteiger partial charge in [-0.2, -0.15) is 5.10 Å². The third-order valence-electron chi connectivity index (χ3n) is 5.95. The fraction of sp³-hybridized carbons (Fsp3) is 0.409. The van der Waals surface area contributed by atoms with Gasteiger partial charge < -0.3 is 4.90 Å². The molecule has 1 aromatic carbocycles. The Morgan fingerprint density at radius 1 is 1.07 bits per heavy atom. The smallest absolute Gasteiger partial charge is 0.212 e. The number of hydrogen-bond donors (Lipinski definition) is 0. The lowest BCUT2D eigenvalue weighted by Gasteiger charge is -2.31. The Kier molecular flexibility index (Phi) is 3.96. The summed E-state index contributed by atoms with van der Waals surface area (Å²) in [6.45, 7) is 4.91. The number of pyridine rings is 1. The van der Waals surface area contributed by atoms with E-state index in [2.05, 4.69) is 23.0 Å². The zero-order valence-electron chi connectivity index (χ0n) is 15.7. The van der Waals surface area contributed by atoms with Gasteiger partial charge in [0.2, 0.25) is 5.78 Å². The van der Waals surface area contributed by atoms with Crippen molar-refractivity contribution in [2.75, 3.05) is 18.0 Å². The molecule has 0 saturated carbocycles. The summed E-state index contributed by atoms with van der Waals surface area (Å²) in [6.07, 6.45) is 7.36. The van der Waals surface area contributed by atoms with Gasteiger partial charge in [-0.25, -0.2) is 9.67 Å². The van der Waals surface area contributed by atoms with E-state index in [0.717, 1.165) is 60.2 Å². The molecule has 5 heteroatoms. The van der Waals surface area contributed by atoms with Crippen LogP contribution in [0, 0.1) is 0 Å². The molecule has 0 radical (unpaired) electrons. The second kappa shape index (κ2) is 6.48. The van der Waals surface area contributed by atoms with Crippen molar-refractivity contribution < 1.29 is 4.79 Å². The number of aryl methyl sites for hydroxylation is 2. The van der Waals surface area contributed by atoms with Crippen LogP contribution in [-0.4, -0.2) is 33.6 Å². The first-order chi connectivity index (χ1) is 13.3. The Labute approximate surface area is 159 Å². The van der Waals surface area contributed by atoms with Crippen molar-refractivity contribution in [2.45, 2.75) is 45.6 Å². The highest BCUT2D eigenvalue weighted by atomic mass is 16.1. The lowest BCUT2D eigenvalue weighted by Crippen LogP contribution is -2.31. The molecule has 1 fully saturated rings. The van der Waals surface area contributed by atoms with Crippen LogP contribution in [0.5, 0.6) is 0 Å². The molecule has 3 aromatic rings. The normalized spacial score (nSPS) is 16.9. The van der Waals surface area contributed by atoms with Crippen molar-refractivity contribution in [1.82, 2.24) is 14.8 Å². The maximum atomic E-state index is 13.4. The molecule has 0 spiro atoms. The fourth-order valence-corrected chi connectivity index (χ4v) is 4.59. The second-order valence-corrected chi connectivity index (χ2v) is 7.52. The van der Waals surface area contributed by atoms with E-state index in [1.165, 1.54) is 24.9 Å². The topological polar surface area (TPSA) is 51.0 Å². The summed E-state index contributed by atoms with van der Waals surface area (Å²) in [5.74, 6) is 0.0575. The molecular weight excluding hydrogens is 336 g/mol. The monoisotopic (exact) mass is 360 g/mol. The molecule has 1 aliphatic heterocycles. The Bertz CT molecular complexity index is 1030. The zero-order valence-corrected chi connectivity index (χ0v) is 15.7. The summed E-state index contributed by atoms with van der Waals surface area (Å²) in [5, 5.41) is 5.64. The fourth-order valence-electron chi connectivity index (χ4n) is 4.59. The minimum Gasteiger partial charge on any atom is -0.371 e. The van der Waals surface area contributed by atoms with E-state index in [4.69, 9.17) is 4.98 Å². The van der Waals surface area contributed by atoms with Gasteiger partial charge >= 0.3 is 0 Å². The molecule has 5 nitrogen and oxygen atoms in total. The van der Waals surface area contributed by atoms with Crippen molar-refractivity contribution in [3.63, 3.8) is 0 Å². The molecule has 5 rings (SSSR count). The van der Waals surface area contributed by atoms with E-state index in [1.54, 1.807) is 0 Å². The first-order valence-electron chi connectivity index (χ1n) is 10.0. The van der Waals surface area contributed by atoms with Crippen LogP contribution in [0.2, 0.25) is 0 Å². The first-order valence-corrected chi connectivity index (χ1v) is 10.0. The second-order valence-electron chi connectivity index (χ2n) is 7.52. The molecule has 0 unspecified atom stereocenters. The molecule has 2 aromatic heterocycles. The first kappa shape index (κ1) is 16.5. The summed E-state index contributed by atoms with van der Waals surface area (Å²) < 4.78 is 1.91. The van der Waals surface area contributed by atoms with Gasteiger partial charge in [0.25, 0.3) is 0 Å². The third kappa shape index (κ3) is 2.56. The van der Waals surface area contributed by atoms with Gasteiger partial charge in [0.1, 0.15) is 5.69 Å². The molecule has 3 heterocycles. The van der Waals surface area contributed by atoms with Crippen LogP contribution in [0.1, 0.15) is 53.4 Å². The van der Waals surface area contributed by atoms with Crippen molar-refractivity contribution >= 4 is 22.5 Å². The molecule has 1 aliphatic carbocycles. The summed E-state index contributed by atoms with van der Waals surface area (Å²) >= 11 is 0.